The first-order chi connectivity index (χ1) is 8.52. The number of nitrogens with zero attached hydrogens (tertiary/aromatic N) is 3. The van der Waals surface area contributed by atoms with Gasteiger partial charge in [-0.3, -0.25) is 14.7 Å². The molecule has 0 bridgehead atoms. The lowest BCUT2D eigenvalue weighted by molar-refractivity contribution is -0.136. The van der Waals surface area contributed by atoms with Gasteiger partial charge in [-0.2, -0.15) is 9.50 Å². The van der Waals surface area contributed by atoms with Gasteiger partial charge in [0.05, 0.1) is 5.69 Å². The van der Waals surface area contributed by atoms with E-state index in [1.807, 2.05) is 6.92 Å². The number of carbonyl (C=O) groups is 1. The molecule has 18 heavy (non-hydrogen) atoms. The Labute approximate surface area is 102 Å². The third-order valence-corrected chi connectivity index (χ3v) is 2.77. The van der Waals surface area contributed by atoms with E-state index in [9.17, 15) is 9.59 Å². The topological polar surface area (TPSA) is 100 Å². The Morgan fingerprint density at radius 1 is 1.44 bits per heavy atom. The molecule has 2 aromatic heterocycles. The Morgan fingerprint density at radius 2 is 2.17 bits per heavy atom. The number of aromatic amines is 1. The van der Waals surface area contributed by atoms with E-state index in [0.29, 0.717) is 29.3 Å². The van der Waals surface area contributed by atoms with Gasteiger partial charge in [-0.25, -0.2) is 4.98 Å². The summed E-state index contributed by atoms with van der Waals surface area (Å²) in [5.41, 5.74) is 0.683. The number of hydrogen-bond donors (Lipinski definition) is 2. The molecule has 0 saturated heterocycles. The maximum atomic E-state index is 12.1. The van der Waals surface area contributed by atoms with Crippen molar-refractivity contribution in [3.05, 3.63) is 27.4 Å². The van der Waals surface area contributed by atoms with Crippen molar-refractivity contribution in [1.82, 2.24) is 19.6 Å². The quantitative estimate of drug-likeness (QED) is 0.813. The molecule has 7 nitrogen and oxygen atoms in total. The average molecular weight is 250 g/mol. The van der Waals surface area contributed by atoms with Crippen LogP contribution in [0.1, 0.15) is 30.4 Å². The summed E-state index contributed by atoms with van der Waals surface area (Å²) in [4.78, 5) is 31.1. The van der Waals surface area contributed by atoms with E-state index >= 15 is 0 Å². The highest BCUT2D eigenvalue weighted by Gasteiger charge is 2.13. The molecule has 0 spiro atoms. The largest absolute Gasteiger partial charge is 0.481 e. The molecule has 0 aromatic carbocycles. The Hall–Kier alpha value is -2.18. The summed E-state index contributed by atoms with van der Waals surface area (Å²) in [5.74, 6) is 0.0700. The predicted molar refractivity (Wildman–Crippen MR) is 63.7 cm³/mol. The second kappa shape index (κ2) is 4.59. The summed E-state index contributed by atoms with van der Waals surface area (Å²) < 4.78 is 1.27. The standard InChI is InChI=1S/C11H14N4O3/c1-3-8-13-11-12-6(2)7(4-5-9(16)17)10(18)15(11)14-8/h3-5H2,1-2H3,(H,16,17)(H,12,13,14). The molecule has 0 aliphatic heterocycles. The fourth-order valence-electron chi connectivity index (χ4n) is 1.78. The Bertz CT molecular complexity index is 656. The minimum absolute atomic E-state index is 0.0847. The van der Waals surface area contributed by atoms with Gasteiger partial charge in [0.2, 0.25) is 0 Å². The summed E-state index contributed by atoms with van der Waals surface area (Å²) in [6, 6.07) is 0. The van der Waals surface area contributed by atoms with Crippen LogP contribution in [0.4, 0.5) is 0 Å². The van der Waals surface area contributed by atoms with Gasteiger partial charge >= 0.3 is 5.97 Å². The molecule has 2 heterocycles. The summed E-state index contributed by atoms with van der Waals surface area (Å²) in [5, 5.41) is 11.5. The van der Waals surface area contributed by atoms with Gasteiger partial charge in [0.1, 0.15) is 5.82 Å². The number of hydrogen-bond acceptors (Lipinski definition) is 4. The van der Waals surface area contributed by atoms with Crippen molar-refractivity contribution in [2.45, 2.75) is 33.1 Å². The SMILES string of the molecule is CCc1nc2nc(C)c(CCC(=O)O)c(=O)n2[nH]1. The number of carboxylic acids is 1. The maximum absolute atomic E-state index is 12.1. The number of aryl methyl sites for hydroxylation is 2. The molecule has 0 atom stereocenters. The number of carboxylic acid groups (broad SMARTS) is 1. The van der Waals surface area contributed by atoms with Crippen LogP contribution in [-0.4, -0.2) is 30.7 Å². The highest BCUT2D eigenvalue weighted by Crippen LogP contribution is 2.05. The minimum atomic E-state index is -0.933. The molecule has 0 aliphatic carbocycles. The molecule has 0 fully saturated rings. The van der Waals surface area contributed by atoms with Crippen LogP contribution in [0.5, 0.6) is 0 Å². The summed E-state index contributed by atoms with van der Waals surface area (Å²) in [6.45, 7) is 3.61. The van der Waals surface area contributed by atoms with E-state index in [1.54, 1.807) is 6.92 Å². The zero-order chi connectivity index (χ0) is 13.3. The average Bonchev–Trinajstić information content (AvgIpc) is 2.71. The van der Waals surface area contributed by atoms with Gasteiger partial charge in [-0.05, 0) is 13.3 Å². The van der Waals surface area contributed by atoms with Crippen molar-refractivity contribution in [3.8, 4) is 0 Å². The maximum Gasteiger partial charge on any atom is 0.303 e. The van der Waals surface area contributed by atoms with E-state index in [2.05, 4.69) is 15.1 Å². The summed E-state index contributed by atoms with van der Waals surface area (Å²) >= 11 is 0. The highest BCUT2D eigenvalue weighted by atomic mass is 16.4. The molecule has 0 amide bonds. The lowest BCUT2D eigenvalue weighted by Gasteiger charge is -2.02. The fraction of sp³-hybridized carbons (Fsp3) is 0.455. The summed E-state index contributed by atoms with van der Waals surface area (Å²) in [6.07, 6.45) is 0.765. The number of fused-ring (bicyclic) bond motifs is 1. The van der Waals surface area contributed by atoms with Crippen LogP contribution in [0.3, 0.4) is 0 Å². The van der Waals surface area contributed by atoms with Crippen molar-refractivity contribution >= 4 is 11.7 Å². The smallest absolute Gasteiger partial charge is 0.303 e. The number of aromatic nitrogens is 4. The Kier molecular flexibility index (Phi) is 3.14. The Morgan fingerprint density at radius 3 is 2.78 bits per heavy atom. The zero-order valence-corrected chi connectivity index (χ0v) is 10.2. The number of aliphatic carboxylic acids is 1. The lowest BCUT2D eigenvalue weighted by Crippen LogP contribution is -2.22. The predicted octanol–water partition coefficient (Wildman–Crippen LogP) is 0.306. The highest BCUT2D eigenvalue weighted by molar-refractivity contribution is 5.67. The molecule has 2 N–H and O–H groups in total. The molecule has 0 aliphatic rings. The monoisotopic (exact) mass is 250 g/mol. The normalized spacial score (nSPS) is 11.0. The van der Waals surface area contributed by atoms with Crippen LogP contribution in [0, 0.1) is 6.92 Å². The van der Waals surface area contributed by atoms with E-state index < -0.39 is 5.97 Å². The van der Waals surface area contributed by atoms with Gasteiger partial charge in [0, 0.05) is 18.4 Å². The van der Waals surface area contributed by atoms with E-state index in [-0.39, 0.29) is 18.4 Å². The third-order valence-electron chi connectivity index (χ3n) is 2.77. The van der Waals surface area contributed by atoms with Crippen LogP contribution in [0.2, 0.25) is 0 Å². The van der Waals surface area contributed by atoms with Crippen LogP contribution in [0.25, 0.3) is 5.78 Å². The number of H-pyrrole nitrogens is 1. The first-order valence-electron chi connectivity index (χ1n) is 5.71. The summed E-state index contributed by atoms with van der Waals surface area (Å²) in [7, 11) is 0. The molecule has 0 unspecified atom stereocenters. The van der Waals surface area contributed by atoms with Gasteiger partial charge in [0.15, 0.2) is 0 Å². The minimum Gasteiger partial charge on any atom is -0.481 e. The molecular formula is C11H14N4O3. The second-order valence-electron chi connectivity index (χ2n) is 4.03. The van der Waals surface area contributed by atoms with Crippen molar-refractivity contribution in [2.24, 2.45) is 0 Å². The first kappa shape index (κ1) is 12.3. The van der Waals surface area contributed by atoms with Gasteiger partial charge in [-0.1, -0.05) is 6.92 Å². The first-order valence-corrected chi connectivity index (χ1v) is 5.71. The van der Waals surface area contributed by atoms with Crippen molar-refractivity contribution in [1.29, 1.82) is 0 Å². The van der Waals surface area contributed by atoms with Crippen LogP contribution in [-0.2, 0) is 17.6 Å². The van der Waals surface area contributed by atoms with Crippen LogP contribution in [0.15, 0.2) is 4.79 Å². The van der Waals surface area contributed by atoms with Crippen molar-refractivity contribution in [2.75, 3.05) is 0 Å². The van der Waals surface area contributed by atoms with E-state index in [4.69, 9.17) is 5.11 Å². The number of rotatable bonds is 4. The fourth-order valence-corrected chi connectivity index (χ4v) is 1.78. The zero-order valence-electron chi connectivity index (χ0n) is 10.2. The van der Waals surface area contributed by atoms with E-state index in [0.717, 1.165) is 0 Å². The van der Waals surface area contributed by atoms with Gasteiger partial charge < -0.3 is 5.11 Å². The number of nitrogens with one attached hydrogen (secondary N) is 1. The van der Waals surface area contributed by atoms with Crippen LogP contribution < -0.4 is 5.56 Å². The Balaban J connectivity index is 2.53. The van der Waals surface area contributed by atoms with E-state index in [1.165, 1.54) is 4.52 Å². The van der Waals surface area contributed by atoms with Crippen LogP contribution >= 0.6 is 0 Å². The van der Waals surface area contributed by atoms with Gasteiger partial charge in [0.25, 0.3) is 11.3 Å². The van der Waals surface area contributed by atoms with Gasteiger partial charge in [-0.15, -0.1) is 0 Å². The molecule has 2 aromatic rings. The van der Waals surface area contributed by atoms with Crippen molar-refractivity contribution < 1.29 is 9.90 Å². The molecule has 7 heteroatoms. The second-order valence-corrected chi connectivity index (χ2v) is 4.03. The van der Waals surface area contributed by atoms with Crippen molar-refractivity contribution in [3.63, 3.8) is 0 Å². The molecule has 0 saturated carbocycles. The third kappa shape index (κ3) is 2.11. The molecule has 96 valence electrons. The molecule has 0 radical (unpaired) electrons. The molecule has 2 rings (SSSR count). The molecular weight excluding hydrogens is 236 g/mol. The lowest BCUT2D eigenvalue weighted by atomic mass is 10.1.